The molecule has 28 heavy (non-hydrogen) atoms. The quantitative estimate of drug-likeness (QED) is 0.562. The van der Waals surface area contributed by atoms with Gasteiger partial charge in [-0.2, -0.15) is 0 Å². The summed E-state index contributed by atoms with van der Waals surface area (Å²) in [5.74, 6) is -0.734. The van der Waals surface area contributed by atoms with E-state index >= 15 is 0 Å². The molecule has 1 fully saturated rings. The van der Waals surface area contributed by atoms with Crippen molar-refractivity contribution in [3.8, 4) is 0 Å². The van der Waals surface area contributed by atoms with Gasteiger partial charge >= 0.3 is 5.97 Å². The molecule has 0 aliphatic carbocycles. The van der Waals surface area contributed by atoms with Crippen LogP contribution < -0.4 is 0 Å². The second-order valence-electron chi connectivity index (χ2n) is 6.99. The van der Waals surface area contributed by atoms with E-state index in [9.17, 15) is 14.0 Å². The molecule has 6 heteroatoms. The van der Waals surface area contributed by atoms with Crippen LogP contribution in [0.2, 0.25) is 0 Å². The number of amides is 1. The number of hydrogen-bond donors (Lipinski definition) is 0. The Morgan fingerprint density at radius 3 is 2.71 bits per heavy atom. The number of carbonyl (C=O) groups is 2. The van der Waals surface area contributed by atoms with E-state index in [2.05, 4.69) is 0 Å². The number of rotatable bonds is 6. The van der Waals surface area contributed by atoms with E-state index < -0.39 is 5.97 Å². The number of benzene rings is 1. The fourth-order valence-electron chi connectivity index (χ4n) is 3.48. The molecule has 1 atom stereocenters. The van der Waals surface area contributed by atoms with Gasteiger partial charge in [0.25, 0.3) is 5.91 Å². The first-order valence-corrected chi connectivity index (χ1v) is 9.57. The highest BCUT2D eigenvalue weighted by Gasteiger charge is 2.28. The minimum Gasteiger partial charge on any atom is -0.462 e. The van der Waals surface area contributed by atoms with E-state index in [0.29, 0.717) is 12.1 Å². The molecule has 148 valence electrons. The molecule has 1 aliphatic rings. The summed E-state index contributed by atoms with van der Waals surface area (Å²) in [7, 11) is 1.86. The zero-order chi connectivity index (χ0) is 19.9. The Hall–Kier alpha value is -2.89. The Kier molecular flexibility index (Phi) is 6.63. The van der Waals surface area contributed by atoms with Gasteiger partial charge in [0.15, 0.2) is 0 Å². The number of carbonyl (C=O) groups excluding carboxylic acids is 2. The Bertz CT molecular complexity index is 842. The third kappa shape index (κ3) is 5.09. The number of hydrogen-bond acceptors (Lipinski definition) is 3. The molecule has 1 aliphatic heterocycles. The molecule has 1 saturated heterocycles. The zero-order valence-electron chi connectivity index (χ0n) is 16.0. The molecule has 1 aromatic carbocycles. The van der Waals surface area contributed by atoms with Crippen LogP contribution in [0.4, 0.5) is 4.39 Å². The lowest BCUT2D eigenvalue weighted by atomic mass is 9.99. The summed E-state index contributed by atoms with van der Waals surface area (Å²) in [6, 6.07) is 9.63. The van der Waals surface area contributed by atoms with Crippen molar-refractivity contribution in [1.82, 2.24) is 9.47 Å². The molecule has 1 aromatic heterocycles. The summed E-state index contributed by atoms with van der Waals surface area (Å²) < 4.78 is 20.0. The molecular formula is C22H25FN2O3. The van der Waals surface area contributed by atoms with Crippen LogP contribution in [0, 0.1) is 5.82 Å². The van der Waals surface area contributed by atoms with Crippen LogP contribution in [0.5, 0.6) is 0 Å². The van der Waals surface area contributed by atoms with E-state index in [-0.39, 0.29) is 24.4 Å². The van der Waals surface area contributed by atoms with Crippen molar-refractivity contribution in [2.75, 3.05) is 13.2 Å². The molecule has 0 spiro atoms. The fraction of sp³-hybridized carbons (Fsp3) is 0.364. The van der Waals surface area contributed by atoms with Gasteiger partial charge in [0.05, 0.1) is 6.61 Å². The Morgan fingerprint density at radius 1 is 1.21 bits per heavy atom. The predicted octanol–water partition coefficient (Wildman–Crippen LogP) is 3.81. The number of esters is 1. The van der Waals surface area contributed by atoms with Crippen LogP contribution >= 0.6 is 0 Å². The maximum atomic E-state index is 12.9. The Balaban J connectivity index is 1.50. The van der Waals surface area contributed by atoms with Crippen LogP contribution in [-0.4, -0.2) is 40.5 Å². The molecule has 0 bridgehead atoms. The Labute approximate surface area is 164 Å². The summed E-state index contributed by atoms with van der Waals surface area (Å²) >= 11 is 0. The third-order valence-corrected chi connectivity index (χ3v) is 5.03. The molecule has 1 amide bonds. The summed E-state index contributed by atoms with van der Waals surface area (Å²) in [6.45, 7) is 0.987. The van der Waals surface area contributed by atoms with Gasteiger partial charge in [-0.1, -0.05) is 12.1 Å². The third-order valence-electron chi connectivity index (χ3n) is 5.03. The van der Waals surface area contributed by atoms with Crippen molar-refractivity contribution < 1.29 is 18.7 Å². The van der Waals surface area contributed by atoms with Crippen molar-refractivity contribution in [1.29, 1.82) is 0 Å². The predicted molar refractivity (Wildman–Crippen MR) is 105 cm³/mol. The molecule has 2 heterocycles. The maximum absolute atomic E-state index is 12.9. The first kappa shape index (κ1) is 19.9. The van der Waals surface area contributed by atoms with Crippen LogP contribution in [0.25, 0.3) is 6.08 Å². The second kappa shape index (κ2) is 9.35. The zero-order valence-corrected chi connectivity index (χ0v) is 16.0. The topological polar surface area (TPSA) is 51.5 Å². The van der Waals surface area contributed by atoms with Crippen LogP contribution in [0.15, 0.2) is 48.7 Å². The standard InChI is InChI=1S/C22H25FN2O3/c1-24-14-4-6-20(24)22(27)25-15-3-2-5-19(25)13-16-28-21(26)12-9-17-7-10-18(23)11-8-17/h4,6-12,14,19H,2-3,5,13,15-16H2,1H3/b12-9+. The van der Waals surface area contributed by atoms with E-state index in [0.717, 1.165) is 31.4 Å². The van der Waals surface area contributed by atoms with Crippen molar-refractivity contribution in [3.63, 3.8) is 0 Å². The molecular weight excluding hydrogens is 359 g/mol. The summed E-state index contributed by atoms with van der Waals surface area (Å²) in [4.78, 5) is 26.6. The number of halogens is 1. The van der Waals surface area contributed by atoms with Gasteiger partial charge < -0.3 is 14.2 Å². The van der Waals surface area contributed by atoms with Gasteiger partial charge in [-0.25, -0.2) is 9.18 Å². The van der Waals surface area contributed by atoms with Crippen molar-refractivity contribution in [2.45, 2.75) is 31.7 Å². The maximum Gasteiger partial charge on any atom is 0.330 e. The smallest absolute Gasteiger partial charge is 0.330 e. The molecule has 2 aromatic rings. The van der Waals surface area contributed by atoms with Crippen molar-refractivity contribution in [3.05, 3.63) is 65.7 Å². The number of likely N-dealkylation sites (tertiary alicyclic amines) is 1. The van der Waals surface area contributed by atoms with Gasteiger partial charge in [-0.3, -0.25) is 4.79 Å². The number of ether oxygens (including phenoxy) is 1. The molecule has 0 saturated carbocycles. The minimum absolute atomic E-state index is 0.0275. The highest BCUT2D eigenvalue weighted by Crippen LogP contribution is 2.22. The average Bonchev–Trinajstić information content (AvgIpc) is 3.13. The van der Waals surface area contributed by atoms with Crippen LogP contribution in [0.1, 0.15) is 41.7 Å². The van der Waals surface area contributed by atoms with Gasteiger partial charge in [0.1, 0.15) is 11.5 Å². The lowest BCUT2D eigenvalue weighted by Gasteiger charge is -2.35. The van der Waals surface area contributed by atoms with Gasteiger partial charge in [0, 0.05) is 38.3 Å². The number of piperidine rings is 1. The monoisotopic (exact) mass is 384 g/mol. The molecule has 0 radical (unpaired) electrons. The van der Waals surface area contributed by atoms with Gasteiger partial charge in [0.2, 0.25) is 0 Å². The second-order valence-corrected chi connectivity index (χ2v) is 6.99. The molecule has 3 rings (SSSR count). The van der Waals surface area contributed by atoms with E-state index in [1.807, 2.05) is 34.8 Å². The average molecular weight is 384 g/mol. The largest absolute Gasteiger partial charge is 0.462 e. The van der Waals surface area contributed by atoms with E-state index in [4.69, 9.17) is 4.74 Å². The number of aryl methyl sites for hydroxylation is 1. The van der Waals surface area contributed by atoms with Gasteiger partial charge in [-0.15, -0.1) is 0 Å². The lowest BCUT2D eigenvalue weighted by Crippen LogP contribution is -2.44. The SMILES string of the molecule is Cn1cccc1C(=O)N1CCCCC1CCOC(=O)/C=C/c1ccc(F)cc1. The van der Waals surface area contributed by atoms with E-state index in [1.165, 1.54) is 18.2 Å². The highest BCUT2D eigenvalue weighted by atomic mass is 19.1. The first-order valence-electron chi connectivity index (χ1n) is 9.57. The molecule has 1 unspecified atom stereocenters. The normalized spacial score (nSPS) is 17.1. The summed E-state index contributed by atoms with van der Waals surface area (Å²) in [5, 5.41) is 0. The van der Waals surface area contributed by atoms with Crippen molar-refractivity contribution in [2.24, 2.45) is 7.05 Å². The molecule has 0 N–H and O–H groups in total. The van der Waals surface area contributed by atoms with Crippen LogP contribution in [0.3, 0.4) is 0 Å². The summed E-state index contributed by atoms with van der Waals surface area (Å²) in [5.41, 5.74) is 1.40. The summed E-state index contributed by atoms with van der Waals surface area (Å²) in [6.07, 6.45) is 8.38. The molecule has 5 nitrogen and oxygen atoms in total. The number of nitrogens with zero attached hydrogens (tertiary/aromatic N) is 2. The van der Waals surface area contributed by atoms with Gasteiger partial charge in [-0.05, 0) is 55.2 Å². The minimum atomic E-state index is -0.444. The van der Waals surface area contributed by atoms with E-state index in [1.54, 1.807) is 18.2 Å². The van der Waals surface area contributed by atoms with Crippen LogP contribution in [-0.2, 0) is 16.6 Å². The Morgan fingerprint density at radius 2 is 2.00 bits per heavy atom. The lowest BCUT2D eigenvalue weighted by molar-refractivity contribution is -0.138. The highest BCUT2D eigenvalue weighted by molar-refractivity contribution is 5.93. The number of aromatic nitrogens is 1. The van der Waals surface area contributed by atoms with Crippen molar-refractivity contribution >= 4 is 18.0 Å². The first-order chi connectivity index (χ1) is 13.5. The fourth-order valence-corrected chi connectivity index (χ4v) is 3.48.